The van der Waals surface area contributed by atoms with Crippen molar-refractivity contribution in [2.24, 2.45) is 27.7 Å². The van der Waals surface area contributed by atoms with E-state index in [1.54, 1.807) is 12.4 Å². The van der Waals surface area contributed by atoms with Gasteiger partial charge in [-0.1, -0.05) is 47.5 Å². The molecule has 0 bridgehead atoms. The number of amides is 1. The van der Waals surface area contributed by atoms with Crippen LogP contribution in [0.15, 0.2) is 23.0 Å². The SMILES string of the molecule is CC(C)(C)[C@H](NC(=O)C1CCC(F)(F)CC1)C1=NC=C(C#CC#Cc2cnc([C@@H](CC(=O)C3CCC(F)(F)CC3)C(C)(C)C)[nH]2)C1. The van der Waals surface area contributed by atoms with Crippen molar-refractivity contribution in [1.29, 1.82) is 0 Å². The maximum absolute atomic E-state index is 13.6. The van der Waals surface area contributed by atoms with Crippen molar-refractivity contribution in [3.63, 3.8) is 0 Å². The molecule has 2 aliphatic carbocycles. The van der Waals surface area contributed by atoms with Gasteiger partial charge >= 0.3 is 0 Å². The van der Waals surface area contributed by atoms with E-state index >= 15 is 0 Å². The van der Waals surface area contributed by atoms with E-state index < -0.39 is 17.8 Å². The van der Waals surface area contributed by atoms with Crippen LogP contribution in [0, 0.1) is 46.3 Å². The van der Waals surface area contributed by atoms with Gasteiger partial charge in [0.2, 0.25) is 17.8 Å². The van der Waals surface area contributed by atoms with Crippen LogP contribution in [0.3, 0.4) is 0 Å². The van der Waals surface area contributed by atoms with Gasteiger partial charge in [0.05, 0.1) is 12.2 Å². The van der Waals surface area contributed by atoms with Crippen molar-refractivity contribution >= 4 is 17.4 Å². The fourth-order valence-corrected chi connectivity index (χ4v) is 6.39. The van der Waals surface area contributed by atoms with Crippen molar-refractivity contribution < 1.29 is 27.2 Å². The number of aromatic amines is 1. The van der Waals surface area contributed by atoms with Gasteiger partial charge in [-0.25, -0.2) is 22.5 Å². The summed E-state index contributed by atoms with van der Waals surface area (Å²) in [6.07, 6.45) is 3.72. The van der Waals surface area contributed by atoms with E-state index in [0.717, 1.165) is 11.3 Å². The molecule has 1 aliphatic heterocycles. The van der Waals surface area contributed by atoms with Crippen molar-refractivity contribution in [3.05, 3.63) is 29.5 Å². The molecule has 0 aromatic carbocycles. The molecule has 2 atom stereocenters. The van der Waals surface area contributed by atoms with E-state index in [-0.39, 0.29) is 98.2 Å². The lowest BCUT2D eigenvalue weighted by Gasteiger charge is -2.34. The number of hydrogen-bond donors (Lipinski definition) is 2. The predicted molar refractivity (Wildman–Crippen MR) is 170 cm³/mol. The van der Waals surface area contributed by atoms with Gasteiger partial charge in [-0.05, 0) is 54.3 Å². The number of aromatic nitrogens is 2. The van der Waals surface area contributed by atoms with Crippen molar-refractivity contribution in [2.45, 2.75) is 130 Å². The summed E-state index contributed by atoms with van der Waals surface area (Å²) < 4.78 is 54.4. The Morgan fingerprint density at radius 3 is 2.04 bits per heavy atom. The standard InChI is InChI=1S/C36H46F4N4O2/c1-33(2,3)27(20-29(45)24-11-15-35(37,38)16-12-24)31-42-22-26(43-31)10-8-7-9-23-19-28(41-21-23)30(34(4,5)6)44-32(46)25-13-17-36(39,40)18-14-25/h21-22,24-25,27,30H,11-20H2,1-6H3,(H,42,43)(H,44,46)/t27-,30-/m1/s1. The molecule has 0 unspecified atom stereocenters. The minimum Gasteiger partial charge on any atom is -0.347 e. The number of allylic oxidation sites excluding steroid dienone is 1. The number of H-pyrrole nitrogens is 1. The molecule has 2 heterocycles. The Morgan fingerprint density at radius 2 is 1.48 bits per heavy atom. The highest BCUT2D eigenvalue weighted by Gasteiger charge is 2.41. The molecule has 0 spiro atoms. The first-order valence-corrected chi connectivity index (χ1v) is 16.2. The van der Waals surface area contributed by atoms with Crippen LogP contribution in [0.5, 0.6) is 0 Å². The molecule has 46 heavy (non-hydrogen) atoms. The summed E-state index contributed by atoms with van der Waals surface area (Å²) in [6, 6.07) is -0.366. The summed E-state index contributed by atoms with van der Waals surface area (Å²) >= 11 is 0. The number of ketones is 1. The smallest absolute Gasteiger partial charge is 0.248 e. The van der Waals surface area contributed by atoms with Gasteiger partial charge in [-0.15, -0.1) is 0 Å². The van der Waals surface area contributed by atoms with E-state index in [2.05, 4.69) is 44.0 Å². The third-order valence-electron chi connectivity index (χ3n) is 9.36. The maximum Gasteiger partial charge on any atom is 0.248 e. The highest BCUT2D eigenvalue weighted by Crippen LogP contribution is 2.41. The van der Waals surface area contributed by atoms with Gasteiger partial charge in [-0.2, -0.15) is 0 Å². The van der Waals surface area contributed by atoms with E-state index in [1.807, 2.05) is 41.5 Å². The first kappa shape index (κ1) is 35.5. The molecule has 0 saturated heterocycles. The molecular formula is C36H46F4N4O2. The molecule has 1 aromatic rings. The molecule has 6 nitrogen and oxygen atoms in total. The second-order valence-electron chi connectivity index (χ2n) is 15.3. The lowest BCUT2D eigenvalue weighted by atomic mass is 9.74. The molecule has 250 valence electrons. The van der Waals surface area contributed by atoms with Crippen LogP contribution in [0.25, 0.3) is 0 Å². The second kappa shape index (κ2) is 13.8. The highest BCUT2D eigenvalue weighted by atomic mass is 19.3. The molecule has 4 rings (SSSR count). The van der Waals surface area contributed by atoms with Gasteiger partial charge in [0, 0.05) is 73.8 Å². The van der Waals surface area contributed by atoms with Gasteiger partial charge in [0.15, 0.2) is 0 Å². The number of hydrogen-bond acceptors (Lipinski definition) is 4. The Balaban J connectivity index is 1.34. The summed E-state index contributed by atoms with van der Waals surface area (Å²) in [4.78, 5) is 38.3. The van der Waals surface area contributed by atoms with Crippen LogP contribution in [0.2, 0.25) is 0 Å². The molecule has 2 saturated carbocycles. The number of carbonyl (C=O) groups excluding carboxylic acids is 2. The largest absolute Gasteiger partial charge is 0.347 e. The lowest BCUT2D eigenvalue weighted by molar-refractivity contribution is -0.130. The maximum atomic E-state index is 13.6. The molecule has 1 aromatic heterocycles. The van der Waals surface area contributed by atoms with Crippen molar-refractivity contribution in [1.82, 2.24) is 15.3 Å². The molecule has 2 N–H and O–H groups in total. The molecule has 3 aliphatic rings. The topological polar surface area (TPSA) is 87.2 Å². The molecule has 2 fully saturated rings. The first-order valence-electron chi connectivity index (χ1n) is 16.2. The van der Waals surface area contributed by atoms with E-state index in [4.69, 9.17) is 0 Å². The quantitative estimate of drug-likeness (QED) is 0.235. The Morgan fingerprint density at radius 1 is 0.913 bits per heavy atom. The van der Waals surface area contributed by atoms with Gasteiger partial charge < -0.3 is 10.3 Å². The summed E-state index contributed by atoms with van der Waals surface area (Å²) in [6.45, 7) is 12.1. The number of rotatable bonds is 7. The number of aliphatic imine (C=N–C) groups is 1. The minimum atomic E-state index is -2.69. The number of halogens is 4. The molecular weight excluding hydrogens is 596 g/mol. The molecule has 1 amide bonds. The van der Waals surface area contributed by atoms with Crippen LogP contribution in [0.1, 0.15) is 123 Å². The Hall–Kier alpha value is -3.40. The van der Waals surface area contributed by atoms with Crippen LogP contribution >= 0.6 is 0 Å². The predicted octanol–water partition coefficient (Wildman–Crippen LogP) is 7.76. The zero-order valence-electron chi connectivity index (χ0n) is 27.8. The van der Waals surface area contributed by atoms with E-state index in [0.29, 0.717) is 17.9 Å². The van der Waals surface area contributed by atoms with Crippen LogP contribution in [0.4, 0.5) is 17.6 Å². The summed E-state index contributed by atoms with van der Waals surface area (Å²) in [7, 11) is 0. The monoisotopic (exact) mass is 642 g/mol. The molecule has 0 radical (unpaired) electrons. The second-order valence-corrected chi connectivity index (χ2v) is 15.3. The van der Waals surface area contributed by atoms with Crippen LogP contribution in [-0.2, 0) is 9.59 Å². The highest BCUT2D eigenvalue weighted by molar-refractivity contribution is 5.98. The van der Waals surface area contributed by atoms with Crippen LogP contribution < -0.4 is 5.32 Å². The summed E-state index contributed by atoms with van der Waals surface area (Å²) in [5.41, 5.74) is 1.43. The number of nitrogens with one attached hydrogen (secondary N) is 2. The summed E-state index contributed by atoms with van der Waals surface area (Å²) in [5, 5.41) is 3.07. The number of imidazole rings is 1. The average molecular weight is 643 g/mol. The normalized spacial score (nSPS) is 21.5. The number of Topliss-reactive ketones (excluding diaryl/α,β-unsaturated/α-hetero) is 1. The lowest BCUT2D eigenvalue weighted by Crippen LogP contribution is -2.51. The number of nitrogens with zero attached hydrogens (tertiary/aromatic N) is 2. The third kappa shape index (κ3) is 9.56. The van der Waals surface area contributed by atoms with Gasteiger partial charge in [0.1, 0.15) is 17.3 Å². The van der Waals surface area contributed by atoms with Gasteiger partial charge in [-0.3, -0.25) is 14.6 Å². The van der Waals surface area contributed by atoms with Crippen molar-refractivity contribution in [3.8, 4) is 23.7 Å². The number of carbonyl (C=O) groups is 2. The Bertz CT molecular complexity index is 1470. The van der Waals surface area contributed by atoms with Crippen LogP contribution in [-0.4, -0.2) is 45.3 Å². The number of alkyl halides is 4. The van der Waals surface area contributed by atoms with E-state index in [9.17, 15) is 27.2 Å². The van der Waals surface area contributed by atoms with Gasteiger partial charge in [0.25, 0.3) is 0 Å². The fraction of sp³-hybridized carbons (Fsp3) is 0.667. The first-order chi connectivity index (χ1) is 21.3. The summed E-state index contributed by atoms with van der Waals surface area (Å²) in [5.74, 6) is 5.75. The average Bonchev–Trinajstić information content (AvgIpc) is 3.61. The Kier molecular flexibility index (Phi) is 10.6. The minimum absolute atomic E-state index is 0.00339. The van der Waals surface area contributed by atoms with Crippen molar-refractivity contribution in [2.75, 3.05) is 0 Å². The Labute approximate surface area is 270 Å². The molecule has 10 heteroatoms. The zero-order chi connectivity index (χ0) is 33.9. The van der Waals surface area contributed by atoms with E-state index in [1.165, 1.54) is 0 Å². The fourth-order valence-electron chi connectivity index (χ4n) is 6.39. The third-order valence-corrected chi connectivity index (χ3v) is 9.36. The zero-order valence-corrected chi connectivity index (χ0v) is 27.8.